The van der Waals surface area contributed by atoms with Crippen LogP contribution in [0.2, 0.25) is 0 Å². The third-order valence-electron chi connectivity index (χ3n) is 3.01. The van der Waals surface area contributed by atoms with E-state index < -0.39 is 17.7 Å². The summed E-state index contributed by atoms with van der Waals surface area (Å²) >= 11 is 0. The van der Waals surface area contributed by atoms with Gasteiger partial charge in [0.1, 0.15) is 11.5 Å². The van der Waals surface area contributed by atoms with Crippen LogP contribution in [-0.4, -0.2) is 13.1 Å². The van der Waals surface area contributed by atoms with Crippen LogP contribution in [0.15, 0.2) is 42.5 Å². The fraction of sp³-hybridized carbons (Fsp3) is 0.188. The molecular formula is C16H13F3O3. The van der Waals surface area contributed by atoms with Crippen LogP contribution in [0.25, 0.3) is 0 Å². The van der Waals surface area contributed by atoms with E-state index in [1.54, 1.807) is 12.1 Å². The third kappa shape index (κ3) is 3.58. The molecule has 6 heteroatoms. The summed E-state index contributed by atoms with van der Waals surface area (Å²) < 4.78 is 47.9. The molecule has 2 aromatic carbocycles. The highest BCUT2D eigenvalue weighted by Gasteiger charge is 2.30. The van der Waals surface area contributed by atoms with Crippen molar-refractivity contribution in [2.75, 3.05) is 7.11 Å². The monoisotopic (exact) mass is 310 g/mol. The van der Waals surface area contributed by atoms with E-state index in [0.29, 0.717) is 22.6 Å². The standard InChI is InChI=1S/C16H13F3O3/c1-10-9-12(16(17,18)19)5-8-14(10)22-13-6-3-11(4-7-13)15(20)21-2/h3-9H,1-2H3. The molecular weight excluding hydrogens is 297 g/mol. The maximum absolute atomic E-state index is 12.6. The van der Waals surface area contributed by atoms with Gasteiger partial charge < -0.3 is 9.47 Å². The van der Waals surface area contributed by atoms with Crippen LogP contribution in [0.3, 0.4) is 0 Å². The number of carbonyl (C=O) groups excluding carboxylic acids is 1. The van der Waals surface area contributed by atoms with E-state index in [9.17, 15) is 18.0 Å². The molecule has 22 heavy (non-hydrogen) atoms. The second-order valence-corrected chi connectivity index (χ2v) is 4.60. The summed E-state index contributed by atoms with van der Waals surface area (Å²) in [5.41, 5.74) is 0.00394. The third-order valence-corrected chi connectivity index (χ3v) is 3.01. The first-order valence-corrected chi connectivity index (χ1v) is 6.35. The van der Waals surface area contributed by atoms with Gasteiger partial charge in [0.05, 0.1) is 18.2 Å². The molecule has 2 rings (SSSR count). The van der Waals surface area contributed by atoms with E-state index in [2.05, 4.69) is 4.74 Å². The largest absolute Gasteiger partial charge is 0.465 e. The first kappa shape index (κ1) is 15.9. The van der Waals surface area contributed by atoms with Crippen molar-refractivity contribution in [3.63, 3.8) is 0 Å². The zero-order valence-corrected chi connectivity index (χ0v) is 11.9. The smallest absolute Gasteiger partial charge is 0.416 e. The zero-order valence-electron chi connectivity index (χ0n) is 11.9. The van der Waals surface area contributed by atoms with Crippen molar-refractivity contribution in [1.29, 1.82) is 0 Å². The normalized spacial score (nSPS) is 11.1. The number of benzene rings is 2. The second-order valence-electron chi connectivity index (χ2n) is 4.60. The molecule has 0 bridgehead atoms. The van der Waals surface area contributed by atoms with Crippen molar-refractivity contribution in [2.45, 2.75) is 13.1 Å². The molecule has 0 atom stereocenters. The highest BCUT2D eigenvalue weighted by Crippen LogP contribution is 2.33. The van der Waals surface area contributed by atoms with Gasteiger partial charge in [0.2, 0.25) is 0 Å². The maximum atomic E-state index is 12.6. The minimum absolute atomic E-state index is 0.318. The van der Waals surface area contributed by atoms with Gasteiger partial charge in [0.25, 0.3) is 0 Å². The molecule has 0 fully saturated rings. The number of ether oxygens (including phenoxy) is 2. The molecule has 0 saturated carbocycles. The van der Waals surface area contributed by atoms with Crippen molar-refractivity contribution in [1.82, 2.24) is 0 Å². The number of aryl methyl sites for hydroxylation is 1. The van der Waals surface area contributed by atoms with Crippen molar-refractivity contribution in [2.24, 2.45) is 0 Å². The van der Waals surface area contributed by atoms with Gasteiger partial charge in [0.15, 0.2) is 0 Å². The summed E-state index contributed by atoms with van der Waals surface area (Å²) in [6.07, 6.45) is -4.38. The summed E-state index contributed by atoms with van der Waals surface area (Å²) in [7, 11) is 1.28. The van der Waals surface area contributed by atoms with Crippen LogP contribution in [0.1, 0.15) is 21.5 Å². The van der Waals surface area contributed by atoms with Crippen LogP contribution in [0.4, 0.5) is 13.2 Å². The first-order valence-electron chi connectivity index (χ1n) is 6.35. The Morgan fingerprint density at radius 1 is 1.05 bits per heavy atom. The Hall–Kier alpha value is -2.50. The molecule has 0 radical (unpaired) electrons. The van der Waals surface area contributed by atoms with Gasteiger partial charge in [-0.2, -0.15) is 13.2 Å². The zero-order chi connectivity index (χ0) is 16.3. The van der Waals surface area contributed by atoms with E-state index in [1.165, 1.54) is 32.2 Å². The minimum Gasteiger partial charge on any atom is -0.465 e. The van der Waals surface area contributed by atoms with E-state index in [-0.39, 0.29) is 0 Å². The maximum Gasteiger partial charge on any atom is 0.416 e. The predicted octanol–water partition coefficient (Wildman–Crippen LogP) is 4.59. The first-order chi connectivity index (χ1) is 10.3. The summed E-state index contributed by atoms with van der Waals surface area (Å²) in [6, 6.07) is 9.38. The summed E-state index contributed by atoms with van der Waals surface area (Å²) in [5, 5.41) is 0. The van der Waals surface area contributed by atoms with Gasteiger partial charge in [0, 0.05) is 0 Å². The average Bonchev–Trinajstić information content (AvgIpc) is 2.48. The van der Waals surface area contributed by atoms with Crippen LogP contribution < -0.4 is 4.74 Å². The molecule has 0 saturated heterocycles. The molecule has 0 amide bonds. The number of esters is 1. The molecule has 0 aliphatic rings. The lowest BCUT2D eigenvalue weighted by atomic mass is 10.1. The van der Waals surface area contributed by atoms with Crippen molar-refractivity contribution < 1.29 is 27.4 Å². The second kappa shape index (κ2) is 6.09. The van der Waals surface area contributed by atoms with Crippen molar-refractivity contribution in [3.8, 4) is 11.5 Å². The van der Waals surface area contributed by atoms with Crippen LogP contribution in [0, 0.1) is 6.92 Å². The Balaban J connectivity index is 2.19. The quantitative estimate of drug-likeness (QED) is 0.778. The Labute approximate surface area is 125 Å². The minimum atomic E-state index is -4.38. The van der Waals surface area contributed by atoms with Gasteiger partial charge in [-0.15, -0.1) is 0 Å². The number of hydrogen-bond donors (Lipinski definition) is 0. The van der Waals surface area contributed by atoms with Crippen LogP contribution in [-0.2, 0) is 10.9 Å². The lowest BCUT2D eigenvalue weighted by Gasteiger charge is -2.12. The fourth-order valence-electron chi connectivity index (χ4n) is 1.84. The van der Waals surface area contributed by atoms with Gasteiger partial charge in [-0.25, -0.2) is 4.79 Å². The van der Waals surface area contributed by atoms with Crippen molar-refractivity contribution >= 4 is 5.97 Å². The Bertz CT molecular complexity index is 676. The average molecular weight is 310 g/mol. The fourth-order valence-corrected chi connectivity index (χ4v) is 1.84. The Kier molecular flexibility index (Phi) is 4.40. The number of methoxy groups -OCH3 is 1. The number of halogens is 3. The Morgan fingerprint density at radius 2 is 1.68 bits per heavy atom. The van der Waals surface area contributed by atoms with Crippen LogP contribution in [0.5, 0.6) is 11.5 Å². The molecule has 2 aromatic rings. The lowest BCUT2D eigenvalue weighted by molar-refractivity contribution is -0.137. The molecule has 0 aliphatic heterocycles. The highest BCUT2D eigenvalue weighted by molar-refractivity contribution is 5.89. The molecule has 0 unspecified atom stereocenters. The molecule has 3 nitrogen and oxygen atoms in total. The number of alkyl halides is 3. The molecule has 0 aliphatic carbocycles. The lowest BCUT2D eigenvalue weighted by Crippen LogP contribution is -2.05. The summed E-state index contributed by atoms with van der Waals surface area (Å²) in [5.74, 6) is 0.256. The van der Waals surface area contributed by atoms with E-state index >= 15 is 0 Å². The molecule has 0 aromatic heterocycles. The predicted molar refractivity (Wildman–Crippen MR) is 74.0 cm³/mol. The van der Waals surface area contributed by atoms with Gasteiger partial charge >= 0.3 is 12.1 Å². The molecule has 0 spiro atoms. The molecule has 0 N–H and O–H groups in total. The topological polar surface area (TPSA) is 35.5 Å². The van der Waals surface area contributed by atoms with Gasteiger partial charge in [-0.3, -0.25) is 0 Å². The van der Waals surface area contributed by atoms with Gasteiger partial charge in [-0.05, 0) is 55.0 Å². The molecule has 116 valence electrons. The van der Waals surface area contributed by atoms with E-state index in [0.717, 1.165) is 12.1 Å². The number of hydrogen-bond acceptors (Lipinski definition) is 3. The van der Waals surface area contributed by atoms with Gasteiger partial charge in [-0.1, -0.05) is 0 Å². The summed E-state index contributed by atoms with van der Waals surface area (Å²) in [6.45, 7) is 1.54. The van der Waals surface area contributed by atoms with E-state index in [4.69, 9.17) is 4.74 Å². The van der Waals surface area contributed by atoms with Crippen molar-refractivity contribution in [3.05, 3.63) is 59.2 Å². The van der Waals surface area contributed by atoms with Crippen LogP contribution >= 0.6 is 0 Å². The summed E-state index contributed by atoms with van der Waals surface area (Å²) in [4.78, 5) is 11.3. The SMILES string of the molecule is COC(=O)c1ccc(Oc2ccc(C(F)(F)F)cc2C)cc1. The van der Waals surface area contributed by atoms with E-state index in [1.807, 2.05) is 0 Å². The Morgan fingerprint density at radius 3 is 2.18 bits per heavy atom. The number of rotatable bonds is 3. The molecule has 0 heterocycles. The number of carbonyl (C=O) groups is 1. The highest BCUT2D eigenvalue weighted by atomic mass is 19.4.